The largest absolute Gasteiger partial charge is 0.377 e. The van der Waals surface area contributed by atoms with Crippen molar-refractivity contribution < 1.29 is 14.2 Å². The highest BCUT2D eigenvalue weighted by Gasteiger charge is 2.26. The van der Waals surface area contributed by atoms with Crippen LogP contribution in [0.2, 0.25) is 0 Å². The smallest absolute Gasteiger partial charge is 0.269 e. The molecule has 0 radical (unpaired) electrons. The van der Waals surface area contributed by atoms with Crippen molar-refractivity contribution >= 4 is 23.4 Å². The van der Waals surface area contributed by atoms with Crippen LogP contribution in [0.25, 0.3) is 0 Å². The van der Waals surface area contributed by atoms with Crippen molar-refractivity contribution in [2.24, 2.45) is 0 Å². The van der Waals surface area contributed by atoms with E-state index in [9.17, 15) is 14.7 Å². The lowest BCUT2D eigenvalue weighted by molar-refractivity contribution is -0.384. The Balaban J connectivity index is 1.59. The van der Waals surface area contributed by atoms with Crippen molar-refractivity contribution in [2.45, 2.75) is 13.0 Å². The van der Waals surface area contributed by atoms with Gasteiger partial charge in [-0.2, -0.15) is 0 Å². The fraction of sp³-hybridized carbons (Fsp3) is 0.182. The number of rotatable bonds is 9. The van der Waals surface area contributed by atoms with Crippen LogP contribution >= 0.6 is 7.14 Å². The Labute approximate surface area is 164 Å². The summed E-state index contributed by atoms with van der Waals surface area (Å²) in [6.45, 7) is 0.847. The van der Waals surface area contributed by atoms with Gasteiger partial charge in [0.15, 0.2) is 0 Å². The first-order chi connectivity index (χ1) is 13.6. The molecule has 0 aromatic heterocycles. The first kappa shape index (κ1) is 20.0. The summed E-state index contributed by atoms with van der Waals surface area (Å²) in [4.78, 5) is 10.3. The van der Waals surface area contributed by atoms with Crippen LogP contribution in [0.15, 0.2) is 84.9 Å². The van der Waals surface area contributed by atoms with E-state index in [-0.39, 0.29) is 5.69 Å². The van der Waals surface area contributed by atoms with Crippen LogP contribution in [0, 0.1) is 10.1 Å². The molecule has 0 fully saturated rings. The lowest BCUT2D eigenvalue weighted by Gasteiger charge is -2.19. The van der Waals surface area contributed by atoms with Crippen LogP contribution in [-0.2, 0) is 15.9 Å². The molecule has 0 bridgehead atoms. The monoisotopic (exact) mass is 395 g/mol. The highest BCUT2D eigenvalue weighted by Crippen LogP contribution is 2.43. The van der Waals surface area contributed by atoms with E-state index in [1.54, 1.807) is 12.1 Å². The molecule has 0 aliphatic carbocycles. The zero-order chi connectivity index (χ0) is 19.8. The summed E-state index contributed by atoms with van der Waals surface area (Å²) in [5, 5.41) is 12.4. The van der Waals surface area contributed by atoms with Crippen LogP contribution in [0.1, 0.15) is 12.0 Å². The molecule has 0 unspecified atom stereocenters. The first-order valence-corrected chi connectivity index (χ1v) is 11.0. The molecular formula is C22H22NO4P. The van der Waals surface area contributed by atoms with Gasteiger partial charge in [-0.25, -0.2) is 0 Å². The van der Waals surface area contributed by atoms with Gasteiger partial charge in [-0.3, -0.25) is 10.1 Å². The summed E-state index contributed by atoms with van der Waals surface area (Å²) in [7, 11) is -2.71. The number of hydrogen-bond acceptors (Lipinski definition) is 4. The summed E-state index contributed by atoms with van der Waals surface area (Å²) >= 11 is 0. The van der Waals surface area contributed by atoms with Gasteiger partial charge in [0.25, 0.3) is 5.69 Å². The lowest BCUT2D eigenvalue weighted by Crippen LogP contribution is -2.19. The standard InChI is InChI=1S/C22H22NO4P/c24-23(25)20-14-12-19(13-15-20)18-27-16-7-17-28(26,21-8-3-1-4-9-21)22-10-5-2-6-11-22/h1-6,8-15H,7,16-18H2. The number of ether oxygens (including phenoxy) is 1. The molecule has 6 heteroatoms. The highest BCUT2D eigenvalue weighted by molar-refractivity contribution is 7.78. The number of non-ortho nitro benzene ring substituents is 1. The molecule has 0 saturated heterocycles. The molecule has 0 atom stereocenters. The molecule has 5 nitrogen and oxygen atoms in total. The number of hydrogen-bond donors (Lipinski definition) is 0. The second-order valence-corrected chi connectivity index (χ2v) is 9.42. The third-order valence-electron chi connectivity index (χ3n) is 4.52. The third-order valence-corrected chi connectivity index (χ3v) is 7.73. The van der Waals surface area contributed by atoms with E-state index >= 15 is 0 Å². The Hall–Kier alpha value is -2.75. The molecule has 0 aliphatic rings. The van der Waals surface area contributed by atoms with Crippen molar-refractivity contribution in [1.29, 1.82) is 0 Å². The maximum absolute atomic E-state index is 13.8. The molecule has 0 spiro atoms. The normalized spacial score (nSPS) is 11.3. The average molecular weight is 395 g/mol. The van der Waals surface area contributed by atoms with Crippen LogP contribution in [-0.4, -0.2) is 17.7 Å². The van der Waals surface area contributed by atoms with Gasteiger partial charge in [-0.05, 0) is 24.1 Å². The molecule has 144 valence electrons. The second-order valence-electron chi connectivity index (χ2n) is 6.46. The molecular weight excluding hydrogens is 373 g/mol. The summed E-state index contributed by atoms with van der Waals surface area (Å²) in [6.07, 6.45) is 1.19. The van der Waals surface area contributed by atoms with Gasteiger partial charge >= 0.3 is 0 Å². The molecule has 3 aromatic rings. The second kappa shape index (κ2) is 9.45. The molecule has 0 heterocycles. The van der Waals surface area contributed by atoms with E-state index in [1.165, 1.54) is 12.1 Å². The number of nitro benzene ring substituents is 1. The third kappa shape index (κ3) is 4.94. The van der Waals surface area contributed by atoms with Gasteiger partial charge in [-0.1, -0.05) is 60.7 Å². The van der Waals surface area contributed by atoms with E-state index in [0.29, 0.717) is 25.8 Å². The minimum absolute atomic E-state index is 0.0652. The fourth-order valence-corrected chi connectivity index (χ4v) is 5.73. The molecule has 3 aromatic carbocycles. The van der Waals surface area contributed by atoms with Crippen molar-refractivity contribution in [3.63, 3.8) is 0 Å². The topological polar surface area (TPSA) is 69.4 Å². The summed E-state index contributed by atoms with van der Waals surface area (Å²) in [5.41, 5.74) is 0.940. The predicted octanol–water partition coefficient (Wildman–Crippen LogP) is 4.52. The van der Waals surface area contributed by atoms with E-state index < -0.39 is 12.1 Å². The molecule has 0 saturated carbocycles. The highest BCUT2D eigenvalue weighted by atomic mass is 31.2. The Bertz CT molecular complexity index is 900. The average Bonchev–Trinajstić information content (AvgIpc) is 2.75. The van der Waals surface area contributed by atoms with Gasteiger partial charge in [-0.15, -0.1) is 0 Å². The summed E-state index contributed by atoms with van der Waals surface area (Å²) in [5.74, 6) is 0. The zero-order valence-electron chi connectivity index (χ0n) is 15.4. The van der Waals surface area contributed by atoms with Crippen LogP contribution in [0.3, 0.4) is 0 Å². The number of nitrogens with zero attached hydrogens (tertiary/aromatic N) is 1. The molecule has 0 N–H and O–H groups in total. The maximum atomic E-state index is 13.8. The first-order valence-electron chi connectivity index (χ1n) is 9.11. The maximum Gasteiger partial charge on any atom is 0.269 e. The quantitative estimate of drug-likeness (QED) is 0.231. The lowest BCUT2D eigenvalue weighted by atomic mass is 10.2. The van der Waals surface area contributed by atoms with Crippen LogP contribution in [0.4, 0.5) is 5.69 Å². The van der Waals surface area contributed by atoms with E-state index in [0.717, 1.165) is 16.2 Å². The minimum Gasteiger partial charge on any atom is -0.377 e. The van der Waals surface area contributed by atoms with Crippen LogP contribution < -0.4 is 10.6 Å². The SMILES string of the molecule is O=[N+]([O-])c1ccc(COCCCP(=O)(c2ccccc2)c2ccccc2)cc1. The Kier molecular flexibility index (Phi) is 6.75. The van der Waals surface area contributed by atoms with E-state index in [1.807, 2.05) is 60.7 Å². The number of benzene rings is 3. The van der Waals surface area contributed by atoms with Gasteiger partial charge in [0.1, 0.15) is 7.14 Å². The zero-order valence-corrected chi connectivity index (χ0v) is 16.3. The van der Waals surface area contributed by atoms with Crippen LogP contribution in [0.5, 0.6) is 0 Å². The number of nitro groups is 1. The molecule has 0 aliphatic heterocycles. The van der Waals surface area contributed by atoms with Gasteiger partial charge in [0, 0.05) is 35.5 Å². The molecule has 28 heavy (non-hydrogen) atoms. The van der Waals surface area contributed by atoms with Gasteiger partial charge in [0.05, 0.1) is 11.5 Å². The van der Waals surface area contributed by atoms with Crippen molar-refractivity contribution in [3.8, 4) is 0 Å². The van der Waals surface area contributed by atoms with Crippen molar-refractivity contribution in [2.75, 3.05) is 12.8 Å². The summed E-state index contributed by atoms with van der Waals surface area (Å²) < 4.78 is 19.5. The molecule has 0 amide bonds. The van der Waals surface area contributed by atoms with Crippen molar-refractivity contribution in [3.05, 3.63) is 101 Å². The van der Waals surface area contributed by atoms with E-state index in [2.05, 4.69) is 0 Å². The van der Waals surface area contributed by atoms with Gasteiger partial charge in [0.2, 0.25) is 0 Å². The van der Waals surface area contributed by atoms with Crippen molar-refractivity contribution in [1.82, 2.24) is 0 Å². The summed E-state index contributed by atoms with van der Waals surface area (Å²) in [6, 6.07) is 25.5. The fourth-order valence-electron chi connectivity index (χ4n) is 3.04. The predicted molar refractivity (Wildman–Crippen MR) is 112 cm³/mol. The molecule has 3 rings (SSSR count). The van der Waals surface area contributed by atoms with Gasteiger partial charge < -0.3 is 9.30 Å². The Morgan fingerprint density at radius 2 is 1.36 bits per heavy atom. The van der Waals surface area contributed by atoms with E-state index in [4.69, 9.17) is 4.74 Å². The Morgan fingerprint density at radius 3 is 1.86 bits per heavy atom. The Morgan fingerprint density at radius 1 is 0.821 bits per heavy atom. The minimum atomic E-state index is -2.71.